The SMILES string of the molecule is Cc1c2ccc(N(C(N)=O)c3ccc(F)c(C(F)(F)F)c3)cc2nn1C. The predicted molar refractivity (Wildman–Crippen MR) is 88.6 cm³/mol. The summed E-state index contributed by atoms with van der Waals surface area (Å²) in [6.45, 7) is 1.86. The molecule has 0 saturated carbocycles. The second kappa shape index (κ2) is 6.01. The number of benzene rings is 2. The molecule has 136 valence electrons. The average Bonchev–Trinajstić information content (AvgIpc) is 2.82. The number of alkyl halides is 3. The highest BCUT2D eigenvalue weighted by molar-refractivity contribution is 6.00. The molecule has 0 aliphatic heterocycles. The van der Waals surface area contributed by atoms with E-state index in [0.29, 0.717) is 17.6 Å². The van der Waals surface area contributed by atoms with Crippen molar-refractivity contribution in [1.82, 2.24) is 9.78 Å². The number of halogens is 4. The van der Waals surface area contributed by atoms with Crippen LogP contribution in [0.5, 0.6) is 0 Å². The van der Waals surface area contributed by atoms with Gasteiger partial charge in [-0.15, -0.1) is 0 Å². The molecular weight excluding hydrogens is 352 g/mol. The molecule has 0 bridgehead atoms. The Labute approximate surface area is 145 Å². The third-order valence-electron chi connectivity index (χ3n) is 4.11. The van der Waals surface area contributed by atoms with Crippen molar-refractivity contribution in [1.29, 1.82) is 0 Å². The summed E-state index contributed by atoms with van der Waals surface area (Å²) in [5.74, 6) is -1.43. The number of carbonyl (C=O) groups is 1. The van der Waals surface area contributed by atoms with Gasteiger partial charge >= 0.3 is 12.2 Å². The number of anilines is 2. The van der Waals surface area contributed by atoms with Crippen LogP contribution in [0.15, 0.2) is 36.4 Å². The number of carbonyl (C=O) groups excluding carboxylic acids is 1. The molecule has 5 nitrogen and oxygen atoms in total. The summed E-state index contributed by atoms with van der Waals surface area (Å²) in [5, 5.41) is 5.11. The van der Waals surface area contributed by atoms with Crippen LogP contribution in [0.4, 0.5) is 33.7 Å². The van der Waals surface area contributed by atoms with Crippen LogP contribution < -0.4 is 10.6 Å². The zero-order chi connectivity index (χ0) is 19.2. The van der Waals surface area contributed by atoms with Crippen LogP contribution in [0.1, 0.15) is 11.3 Å². The van der Waals surface area contributed by atoms with E-state index in [1.165, 1.54) is 6.07 Å². The molecule has 1 aromatic heterocycles. The molecule has 2 amide bonds. The molecule has 0 aliphatic rings. The van der Waals surface area contributed by atoms with Gasteiger partial charge in [0.1, 0.15) is 5.82 Å². The number of fused-ring (bicyclic) bond motifs is 1. The van der Waals surface area contributed by atoms with E-state index in [0.717, 1.165) is 22.0 Å². The standard InChI is InChI=1S/C17H14F4N4O/c1-9-12-5-3-11(8-15(12)23-24(9)2)25(16(22)26)10-4-6-14(18)13(7-10)17(19,20)21/h3-8H,1-2H3,(H2,22,26). The van der Waals surface area contributed by atoms with Crippen molar-refractivity contribution in [3.05, 3.63) is 53.5 Å². The lowest BCUT2D eigenvalue weighted by Crippen LogP contribution is -2.31. The van der Waals surface area contributed by atoms with Gasteiger partial charge in [0.2, 0.25) is 0 Å². The summed E-state index contributed by atoms with van der Waals surface area (Å²) in [5.41, 5.74) is 5.35. The third kappa shape index (κ3) is 2.96. The maximum atomic E-state index is 13.5. The fourth-order valence-corrected chi connectivity index (χ4v) is 2.73. The number of hydrogen-bond donors (Lipinski definition) is 1. The number of aryl methyl sites for hydroxylation is 2. The minimum absolute atomic E-state index is 0.196. The Morgan fingerprint density at radius 2 is 1.77 bits per heavy atom. The van der Waals surface area contributed by atoms with Gasteiger partial charge in [0.05, 0.1) is 22.5 Å². The fourth-order valence-electron chi connectivity index (χ4n) is 2.73. The van der Waals surface area contributed by atoms with E-state index >= 15 is 0 Å². The first-order valence-electron chi connectivity index (χ1n) is 7.49. The zero-order valence-corrected chi connectivity index (χ0v) is 13.8. The van der Waals surface area contributed by atoms with Gasteiger partial charge in [-0.3, -0.25) is 9.58 Å². The normalized spacial score (nSPS) is 11.8. The van der Waals surface area contributed by atoms with E-state index < -0.39 is 23.6 Å². The molecule has 0 saturated heterocycles. The van der Waals surface area contributed by atoms with Crippen molar-refractivity contribution < 1.29 is 22.4 Å². The molecule has 0 spiro atoms. The largest absolute Gasteiger partial charge is 0.419 e. The summed E-state index contributed by atoms with van der Waals surface area (Å²) in [4.78, 5) is 12.8. The van der Waals surface area contributed by atoms with Crippen LogP contribution in [0, 0.1) is 12.7 Å². The van der Waals surface area contributed by atoms with E-state index in [2.05, 4.69) is 5.10 Å². The second-order valence-corrected chi connectivity index (χ2v) is 5.75. The smallest absolute Gasteiger partial charge is 0.351 e. The lowest BCUT2D eigenvalue weighted by molar-refractivity contribution is -0.139. The van der Waals surface area contributed by atoms with Gasteiger partial charge in [0.25, 0.3) is 0 Å². The third-order valence-corrected chi connectivity index (χ3v) is 4.11. The second-order valence-electron chi connectivity index (χ2n) is 5.75. The first-order valence-corrected chi connectivity index (χ1v) is 7.49. The van der Waals surface area contributed by atoms with Crippen LogP contribution in [-0.4, -0.2) is 15.8 Å². The fraction of sp³-hybridized carbons (Fsp3) is 0.176. The topological polar surface area (TPSA) is 64.2 Å². The first-order chi connectivity index (χ1) is 12.1. The zero-order valence-electron chi connectivity index (χ0n) is 13.8. The molecule has 1 heterocycles. The first kappa shape index (κ1) is 17.7. The minimum atomic E-state index is -4.90. The summed E-state index contributed by atoms with van der Waals surface area (Å²) in [7, 11) is 1.75. The van der Waals surface area contributed by atoms with Crippen LogP contribution in [0.25, 0.3) is 10.9 Å². The monoisotopic (exact) mass is 366 g/mol. The highest BCUT2D eigenvalue weighted by Gasteiger charge is 2.35. The van der Waals surface area contributed by atoms with E-state index in [1.54, 1.807) is 23.9 Å². The molecule has 0 aliphatic carbocycles. The van der Waals surface area contributed by atoms with Crippen LogP contribution in [0.2, 0.25) is 0 Å². The van der Waals surface area contributed by atoms with Gasteiger partial charge in [-0.2, -0.15) is 18.3 Å². The summed E-state index contributed by atoms with van der Waals surface area (Å²) < 4.78 is 54.1. The van der Waals surface area contributed by atoms with Gasteiger partial charge in [0, 0.05) is 18.1 Å². The molecule has 0 radical (unpaired) electrons. The lowest BCUT2D eigenvalue weighted by Gasteiger charge is -2.22. The number of aromatic nitrogens is 2. The maximum Gasteiger partial charge on any atom is 0.419 e. The van der Waals surface area contributed by atoms with E-state index in [4.69, 9.17) is 5.73 Å². The van der Waals surface area contributed by atoms with Crippen molar-refractivity contribution in [2.45, 2.75) is 13.1 Å². The molecule has 2 N–H and O–H groups in total. The number of nitrogens with zero attached hydrogens (tertiary/aromatic N) is 3. The number of primary amides is 1. The summed E-state index contributed by atoms with van der Waals surface area (Å²) in [6.07, 6.45) is -4.90. The molecule has 9 heteroatoms. The van der Waals surface area contributed by atoms with E-state index in [-0.39, 0.29) is 11.4 Å². The van der Waals surface area contributed by atoms with Crippen molar-refractivity contribution in [2.24, 2.45) is 12.8 Å². The molecule has 0 atom stereocenters. The number of urea groups is 1. The Morgan fingerprint density at radius 3 is 2.38 bits per heavy atom. The number of nitrogens with two attached hydrogens (primary N) is 1. The molecule has 2 aromatic carbocycles. The molecule has 26 heavy (non-hydrogen) atoms. The predicted octanol–water partition coefficient (Wildman–Crippen LogP) is 4.26. The van der Waals surface area contributed by atoms with Gasteiger partial charge in [-0.05, 0) is 43.3 Å². The van der Waals surface area contributed by atoms with E-state index in [9.17, 15) is 22.4 Å². The Morgan fingerprint density at radius 1 is 1.15 bits per heavy atom. The molecule has 0 fully saturated rings. The van der Waals surface area contributed by atoms with Gasteiger partial charge in [-0.1, -0.05) is 0 Å². The van der Waals surface area contributed by atoms with Gasteiger partial charge < -0.3 is 5.73 Å². The Balaban J connectivity index is 2.15. The highest BCUT2D eigenvalue weighted by atomic mass is 19.4. The van der Waals surface area contributed by atoms with Gasteiger partial charge in [-0.25, -0.2) is 9.18 Å². The van der Waals surface area contributed by atoms with Crippen LogP contribution in [0.3, 0.4) is 0 Å². The van der Waals surface area contributed by atoms with Gasteiger partial charge in [0.15, 0.2) is 0 Å². The lowest BCUT2D eigenvalue weighted by atomic mass is 10.1. The minimum Gasteiger partial charge on any atom is -0.351 e. The number of rotatable bonds is 2. The van der Waals surface area contributed by atoms with Crippen molar-refractivity contribution in [3.63, 3.8) is 0 Å². The Kier molecular flexibility index (Phi) is 4.09. The summed E-state index contributed by atoms with van der Waals surface area (Å²) >= 11 is 0. The maximum absolute atomic E-state index is 13.5. The Bertz CT molecular complexity index is 1010. The molecule has 3 aromatic rings. The molecular formula is C17H14F4N4O. The van der Waals surface area contributed by atoms with Crippen molar-refractivity contribution in [2.75, 3.05) is 4.90 Å². The van der Waals surface area contributed by atoms with Crippen LogP contribution >= 0.6 is 0 Å². The average molecular weight is 366 g/mol. The van der Waals surface area contributed by atoms with E-state index in [1.807, 2.05) is 6.92 Å². The van der Waals surface area contributed by atoms with Crippen molar-refractivity contribution >= 4 is 28.3 Å². The number of amides is 2. The number of hydrogen-bond acceptors (Lipinski definition) is 2. The summed E-state index contributed by atoms with van der Waals surface area (Å²) in [6, 6.07) is 6.02. The molecule has 3 rings (SSSR count). The highest BCUT2D eigenvalue weighted by Crippen LogP contribution is 2.36. The van der Waals surface area contributed by atoms with Crippen molar-refractivity contribution in [3.8, 4) is 0 Å². The molecule has 0 unspecified atom stereocenters. The Hall–Kier alpha value is -3.10. The quantitative estimate of drug-likeness (QED) is 0.689. The van der Waals surface area contributed by atoms with Crippen LogP contribution in [-0.2, 0) is 13.2 Å².